The number of hydrogen-bond acceptors (Lipinski definition) is 4. The maximum absolute atomic E-state index is 14.0. The normalized spacial score (nSPS) is 13.6. The Bertz CT molecular complexity index is 918. The van der Waals surface area contributed by atoms with E-state index in [1.54, 1.807) is 11.4 Å². The van der Waals surface area contributed by atoms with Crippen LogP contribution in [0.2, 0.25) is 0 Å². The molecule has 0 heterocycles. The number of para-hydroxylation sites is 1. The second-order valence-corrected chi connectivity index (χ2v) is 6.12. The maximum atomic E-state index is 14.0. The van der Waals surface area contributed by atoms with Crippen molar-refractivity contribution in [1.29, 1.82) is 0 Å². The van der Waals surface area contributed by atoms with Crippen molar-refractivity contribution in [1.82, 2.24) is 5.32 Å². The van der Waals surface area contributed by atoms with Crippen LogP contribution in [0, 0.1) is 0 Å². The lowest BCUT2D eigenvalue weighted by atomic mass is 10.1. The summed E-state index contributed by atoms with van der Waals surface area (Å²) in [7, 11) is 0. The van der Waals surface area contributed by atoms with E-state index in [1.165, 1.54) is 36.5 Å². The number of hydrogen-bond donors (Lipinski definition) is 3. The summed E-state index contributed by atoms with van der Waals surface area (Å²) in [6.07, 6.45) is -10.3. The van der Waals surface area contributed by atoms with Crippen molar-refractivity contribution in [3.05, 3.63) is 60.2 Å². The lowest BCUT2D eigenvalue weighted by Crippen LogP contribution is -2.70. The summed E-state index contributed by atoms with van der Waals surface area (Å²) in [5.74, 6) is -1.96. The predicted octanol–water partition coefficient (Wildman–Crippen LogP) is 4.76. The number of urea groups is 1. The SMILES string of the molecule is CCOC(=O)[C@@](NC(=O)Nc1ccccc1)(Nc1cccc(C(F)(F)F)c1)C(F)(F)F. The Morgan fingerprint density at radius 1 is 0.903 bits per heavy atom. The Balaban J connectivity index is 2.46. The van der Waals surface area contributed by atoms with E-state index < -0.39 is 47.9 Å². The topological polar surface area (TPSA) is 79.5 Å². The lowest BCUT2D eigenvalue weighted by molar-refractivity contribution is -0.204. The van der Waals surface area contributed by atoms with E-state index in [4.69, 9.17) is 0 Å². The van der Waals surface area contributed by atoms with Gasteiger partial charge in [-0.1, -0.05) is 24.3 Å². The average Bonchev–Trinajstić information content (AvgIpc) is 2.67. The minimum Gasteiger partial charge on any atom is -0.463 e. The van der Waals surface area contributed by atoms with Gasteiger partial charge in [0.05, 0.1) is 12.2 Å². The first-order valence-electron chi connectivity index (χ1n) is 8.72. The summed E-state index contributed by atoms with van der Waals surface area (Å²) < 4.78 is 85.4. The molecular formula is C19H17F6N3O3. The van der Waals surface area contributed by atoms with Gasteiger partial charge in [-0.05, 0) is 37.3 Å². The molecular weight excluding hydrogens is 432 g/mol. The van der Waals surface area contributed by atoms with Crippen molar-refractivity contribution < 1.29 is 40.7 Å². The fourth-order valence-corrected chi connectivity index (χ4v) is 2.47. The molecule has 2 rings (SSSR count). The Hall–Kier alpha value is -3.44. The smallest absolute Gasteiger partial charge is 0.441 e. The third-order valence-corrected chi connectivity index (χ3v) is 3.86. The third kappa shape index (κ3) is 5.80. The van der Waals surface area contributed by atoms with Gasteiger partial charge in [0, 0.05) is 11.4 Å². The van der Waals surface area contributed by atoms with Crippen LogP contribution >= 0.6 is 0 Å². The highest BCUT2D eigenvalue weighted by molar-refractivity contribution is 5.96. The Labute approximate surface area is 172 Å². The summed E-state index contributed by atoms with van der Waals surface area (Å²) >= 11 is 0. The van der Waals surface area contributed by atoms with E-state index in [-0.39, 0.29) is 5.69 Å². The molecule has 12 heteroatoms. The summed E-state index contributed by atoms with van der Waals surface area (Å²) in [6, 6.07) is 8.63. The van der Waals surface area contributed by atoms with Crippen LogP contribution in [0.1, 0.15) is 12.5 Å². The Kier molecular flexibility index (Phi) is 7.03. The van der Waals surface area contributed by atoms with Gasteiger partial charge in [-0.2, -0.15) is 26.3 Å². The Morgan fingerprint density at radius 2 is 1.52 bits per heavy atom. The molecule has 0 saturated carbocycles. The van der Waals surface area contributed by atoms with Crippen LogP contribution in [-0.2, 0) is 15.7 Å². The van der Waals surface area contributed by atoms with Crippen LogP contribution in [0.4, 0.5) is 42.5 Å². The number of anilines is 2. The van der Waals surface area contributed by atoms with Crippen LogP contribution in [0.25, 0.3) is 0 Å². The summed E-state index contributed by atoms with van der Waals surface area (Å²) in [5, 5.41) is 5.25. The van der Waals surface area contributed by atoms with Crippen LogP contribution in [0.15, 0.2) is 54.6 Å². The van der Waals surface area contributed by atoms with Crippen molar-refractivity contribution in [3.63, 3.8) is 0 Å². The molecule has 0 spiro atoms. The first kappa shape index (κ1) is 23.8. The zero-order valence-corrected chi connectivity index (χ0v) is 15.9. The lowest BCUT2D eigenvalue weighted by Gasteiger charge is -2.35. The van der Waals surface area contributed by atoms with Gasteiger partial charge in [-0.15, -0.1) is 0 Å². The zero-order valence-electron chi connectivity index (χ0n) is 15.9. The zero-order chi connectivity index (χ0) is 23.3. The van der Waals surface area contributed by atoms with Crippen LogP contribution in [-0.4, -0.2) is 30.4 Å². The molecule has 0 fully saturated rings. The molecule has 6 nitrogen and oxygen atoms in total. The molecule has 1 atom stereocenters. The molecule has 0 bridgehead atoms. The van der Waals surface area contributed by atoms with E-state index in [0.29, 0.717) is 12.1 Å². The number of esters is 1. The summed E-state index contributed by atoms with van der Waals surface area (Å²) in [6.45, 7) is 0.746. The monoisotopic (exact) mass is 449 g/mol. The second-order valence-electron chi connectivity index (χ2n) is 6.12. The molecule has 0 aliphatic rings. The molecule has 0 saturated heterocycles. The average molecular weight is 449 g/mol. The fraction of sp³-hybridized carbons (Fsp3) is 0.263. The number of rotatable bonds is 6. The maximum Gasteiger partial charge on any atom is 0.441 e. The van der Waals surface area contributed by atoms with Gasteiger partial charge < -0.3 is 15.4 Å². The van der Waals surface area contributed by atoms with E-state index in [1.807, 2.05) is 0 Å². The molecule has 31 heavy (non-hydrogen) atoms. The number of alkyl halides is 6. The molecule has 0 radical (unpaired) electrons. The number of amides is 2. The standard InChI is InChI=1S/C19H17F6N3O3/c1-2-31-15(29)17(19(23,24)25,28-16(30)26-13-8-4-3-5-9-13)27-14-10-6-7-12(11-14)18(20,21)22/h3-11,27H,2H2,1H3,(H2,26,28,30)/t17-/m0/s1. The summed E-state index contributed by atoms with van der Waals surface area (Å²) in [4.78, 5) is 24.6. The van der Waals surface area contributed by atoms with Gasteiger partial charge in [0.15, 0.2) is 0 Å². The number of carbonyl (C=O) groups is 2. The van der Waals surface area contributed by atoms with Crippen molar-refractivity contribution in [2.45, 2.75) is 24.9 Å². The van der Waals surface area contributed by atoms with E-state index in [2.05, 4.69) is 10.1 Å². The molecule has 0 aliphatic carbocycles. The fourth-order valence-electron chi connectivity index (χ4n) is 2.47. The Morgan fingerprint density at radius 3 is 2.06 bits per heavy atom. The number of carbonyl (C=O) groups excluding carboxylic acids is 2. The van der Waals surface area contributed by atoms with Gasteiger partial charge >= 0.3 is 30.0 Å². The molecule has 3 N–H and O–H groups in total. The van der Waals surface area contributed by atoms with Crippen molar-refractivity contribution in [3.8, 4) is 0 Å². The molecule has 0 unspecified atom stereocenters. The van der Waals surface area contributed by atoms with E-state index in [0.717, 1.165) is 12.1 Å². The first-order chi connectivity index (χ1) is 14.4. The number of ether oxygens (including phenoxy) is 1. The molecule has 2 aromatic rings. The minimum absolute atomic E-state index is 0.110. The molecule has 0 aliphatic heterocycles. The highest BCUT2D eigenvalue weighted by atomic mass is 19.4. The van der Waals surface area contributed by atoms with Crippen LogP contribution in [0.3, 0.4) is 0 Å². The van der Waals surface area contributed by atoms with Crippen molar-refractivity contribution >= 4 is 23.4 Å². The predicted molar refractivity (Wildman–Crippen MR) is 99.1 cm³/mol. The van der Waals surface area contributed by atoms with Gasteiger partial charge in [0.1, 0.15) is 0 Å². The van der Waals surface area contributed by atoms with E-state index >= 15 is 0 Å². The molecule has 2 aromatic carbocycles. The van der Waals surface area contributed by atoms with Gasteiger partial charge in [0.25, 0.3) is 0 Å². The van der Waals surface area contributed by atoms with Gasteiger partial charge in [0.2, 0.25) is 0 Å². The molecule has 168 valence electrons. The molecule has 2 amide bonds. The van der Waals surface area contributed by atoms with Crippen LogP contribution in [0.5, 0.6) is 0 Å². The number of halogens is 6. The van der Waals surface area contributed by atoms with Gasteiger partial charge in [-0.3, -0.25) is 5.32 Å². The van der Waals surface area contributed by atoms with Crippen molar-refractivity contribution in [2.75, 3.05) is 17.2 Å². The van der Waals surface area contributed by atoms with Crippen molar-refractivity contribution in [2.24, 2.45) is 0 Å². The number of benzene rings is 2. The highest BCUT2D eigenvalue weighted by Crippen LogP contribution is 2.35. The third-order valence-electron chi connectivity index (χ3n) is 3.86. The second kappa shape index (κ2) is 9.14. The molecule has 0 aromatic heterocycles. The number of nitrogens with one attached hydrogen (secondary N) is 3. The quantitative estimate of drug-likeness (QED) is 0.338. The highest BCUT2D eigenvalue weighted by Gasteiger charge is 2.63. The van der Waals surface area contributed by atoms with Crippen LogP contribution < -0.4 is 16.0 Å². The summed E-state index contributed by atoms with van der Waals surface area (Å²) in [5.41, 5.74) is -5.74. The first-order valence-corrected chi connectivity index (χ1v) is 8.72. The van der Waals surface area contributed by atoms with E-state index in [9.17, 15) is 35.9 Å². The largest absolute Gasteiger partial charge is 0.463 e. The minimum atomic E-state index is -5.50. The van der Waals surface area contributed by atoms with Gasteiger partial charge in [-0.25, -0.2) is 9.59 Å².